The molecule has 0 atom stereocenters. The molecule has 0 radical (unpaired) electrons. The first-order valence-electron chi connectivity index (χ1n) is 9.18. The van der Waals surface area contributed by atoms with Gasteiger partial charge in [-0.25, -0.2) is 9.98 Å². The van der Waals surface area contributed by atoms with Gasteiger partial charge < -0.3 is 20.1 Å². The number of hydrogen-bond acceptors (Lipinski definition) is 4. The third kappa shape index (κ3) is 6.66. The van der Waals surface area contributed by atoms with Gasteiger partial charge in [0.1, 0.15) is 12.4 Å². The normalized spacial score (nSPS) is 11.0. The van der Waals surface area contributed by atoms with Gasteiger partial charge in [-0.3, -0.25) is 0 Å². The highest BCUT2D eigenvalue weighted by Crippen LogP contribution is 2.18. The Morgan fingerprint density at radius 3 is 2.70 bits per heavy atom. The minimum Gasteiger partial charge on any atom is -0.489 e. The zero-order chi connectivity index (χ0) is 19.3. The van der Waals surface area contributed by atoms with Crippen molar-refractivity contribution in [2.24, 2.45) is 4.99 Å². The Morgan fingerprint density at radius 1 is 1.11 bits per heavy atom. The maximum absolute atomic E-state index is 5.71. The average molecular weight is 368 g/mol. The summed E-state index contributed by atoms with van der Waals surface area (Å²) in [7, 11) is 0. The van der Waals surface area contributed by atoms with Crippen molar-refractivity contribution < 1.29 is 9.47 Å². The van der Waals surface area contributed by atoms with Gasteiger partial charge in [-0.2, -0.15) is 0 Å². The van der Waals surface area contributed by atoms with Gasteiger partial charge in [-0.15, -0.1) is 0 Å². The van der Waals surface area contributed by atoms with Gasteiger partial charge in [0.15, 0.2) is 5.96 Å². The zero-order valence-electron chi connectivity index (χ0n) is 16.1. The number of pyridine rings is 1. The number of aliphatic imine (C=N–C) groups is 1. The largest absolute Gasteiger partial charge is 0.489 e. The van der Waals surface area contributed by atoms with Crippen LogP contribution in [0, 0.1) is 0 Å². The summed E-state index contributed by atoms with van der Waals surface area (Å²) in [5.74, 6) is 2.19. The lowest BCUT2D eigenvalue weighted by molar-refractivity contribution is 0.323. The first kappa shape index (κ1) is 20.3. The quantitative estimate of drug-likeness (QED) is 0.383. The van der Waals surface area contributed by atoms with Gasteiger partial charge in [-0.05, 0) is 26.0 Å². The Kier molecular flexibility index (Phi) is 8.69. The summed E-state index contributed by atoms with van der Waals surface area (Å²) in [4.78, 5) is 8.92. The maximum Gasteiger partial charge on any atom is 0.218 e. The van der Waals surface area contributed by atoms with Crippen molar-refractivity contribution >= 4 is 5.96 Å². The molecule has 1 heterocycles. The predicted octanol–water partition coefficient (Wildman–Crippen LogP) is 3.30. The van der Waals surface area contributed by atoms with Gasteiger partial charge in [0, 0.05) is 30.4 Å². The molecule has 0 aliphatic carbocycles. The van der Waals surface area contributed by atoms with E-state index in [1.165, 1.54) is 0 Å². The lowest BCUT2D eigenvalue weighted by atomic mass is 10.2. The SMILES string of the molecule is C=CCOc1ccccc1CNC(=NCc1cccnc1OCC)NCC. The second kappa shape index (κ2) is 11.6. The minimum atomic E-state index is 0.479. The molecule has 0 aliphatic heterocycles. The molecule has 2 N–H and O–H groups in total. The molecular weight excluding hydrogens is 340 g/mol. The van der Waals surface area contributed by atoms with E-state index in [1.54, 1.807) is 12.3 Å². The van der Waals surface area contributed by atoms with E-state index in [9.17, 15) is 0 Å². The van der Waals surface area contributed by atoms with Crippen molar-refractivity contribution in [2.45, 2.75) is 26.9 Å². The predicted molar refractivity (Wildman–Crippen MR) is 109 cm³/mol. The Bertz CT molecular complexity index is 746. The van der Waals surface area contributed by atoms with Crippen LogP contribution in [0.5, 0.6) is 11.6 Å². The molecule has 2 aromatic rings. The fraction of sp³-hybridized carbons (Fsp3) is 0.333. The standard InChI is InChI=1S/C21H28N4O2/c1-4-14-27-19-12-8-7-10-17(19)15-24-21(22-5-2)25-16-18-11-9-13-23-20(18)26-6-3/h4,7-13H,1,5-6,14-16H2,2-3H3,(H2,22,24,25). The summed E-state index contributed by atoms with van der Waals surface area (Å²) < 4.78 is 11.3. The van der Waals surface area contributed by atoms with E-state index in [2.05, 4.69) is 27.2 Å². The van der Waals surface area contributed by atoms with Gasteiger partial charge >= 0.3 is 0 Å². The molecule has 0 unspecified atom stereocenters. The molecule has 1 aromatic heterocycles. The van der Waals surface area contributed by atoms with Crippen LogP contribution in [-0.4, -0.2) is 30.7 Å². The van der Waals surface area contributed by atoms with E-state index in [-0.39, 0.29) is 0 Å². The van der Waals surface area contributed by atoms with Crippen molar-refractivity contribution in [3.63, 3.8) is 0 Å². The van der Waals surface area contributed by atoms with Crippen LogP contribution in [0.2, 0.25) is 0 Å². The van der Waals surface area contributed by atoms with Crippen LogP contribution >= 0.6 is 0 Å². The molecule has 144 valence electrons. The number of aromatic nitrogens is 1. The van der Waals surface area contributed by atoms with E-state index in [4.69, 9.17) is 9.47 Å². The topological polar surface area (TPSA) is 67.8 Å². The Balaban J connectivity index is 2.05. The van der Waals surface area contributed by atoms with E-state index < -0.39 is 0 Å². The number of benzene rings is 1. The minimum absolute atomic E-state index is 0.479. The third-order valence-electron chi connectivity index (χ3n) is 3.66. The summed E-state index contributed by atoms with van der Waals surface area (Å²) in [6.45, 7) is 10.6. The Labute approximate surface area is 161 Å². The van der Waals surface area contributed by atoms with Crippen LogP contribution < -0.4 is 20.1 Å². The zero-order valence-corrected chi connectivity index (χ0v) is 16.1. The van der Waals surface area contributed by atoms with Crippen LogP contribution in [0.25, 0.3) is 0 Å². The number of nitrogens with one attached hydrogen (secondary N) is 2. The van der Waals surface area contributed by atoms with Crippen LogP contribution in [0.1, 0.15) is 25.0 Å². The average Bonchev–Trinajstić information content (AvgIpc) is 2.70. The molecule has 6 heteroatoms. The van der Waals surface area contributed by atoms with Crippen LogP contribution in [0.3, 0.4) is 0 Å². The molecule has 0 saturated carbocycles. The first-order chi connectivity index (χ1) is 13.3. The molecule has 0 saturated heterocycles. The monoisotopic (exact) mass is 368 g/mol. The molecule has 2 rings (SSSR count). The molecule has 0 amide bonds. The molecule has 0 bridgehead atoms. The van der Waals surface area contributed by atoms with Crippen LogP contribution in [-0.2, 0) is 13.1 Å². The summed E-state index contributed by atoms with van der Waals surface area (Å²) >= 11 is 0. The second-order valence-electron chi connectivity index (χ2n) is 5.66. The van der Waals surface area contributed by atoms with E-state index in [0.717, 1.165) is 29.4 Å². The van der Waals surface area contributed by atoms with Gasteiger partial charge in [0.2, 0.25) is 5.88 Å². The second-order valence-corrected chi connectivity index (χ2v) is 5.66. The van der Waals surface area contributed by atoms with Crippen molar-refractivity contribution in [3.05, 3.63) is 66.4 Å². The molecule has 0 spiro atoms. The van der Waals surface area contributed by atoms with Crippen molar-refractivity contribution in [2.75, 3.05) is 19.8 Å². The molecular formula is C21H28N4O2. The fourth-order valence-electron chi connectivity index (χ4n) is 2.44. The maximum atomic E-state index is 5.71. The number of ether oxygens (including phenoxy) is 2. The Morgan fingerprint density at radius 2 is 1.93 bits per heavy atom. The van der Waals surface area contributed by atoms with Gasteiger partial charge in [0.25, 0.3) is 0 Å². The van der Waals surface area contributed by atoms with E-state index in [0.29, 0.717) is 32.2 Å². The first-order valence-corrected chi connectivity index (χ1v) is 9.18. The van der Waals surface area contributed by atoms with Crippen LogP contribution in [0.15, 0.2) is 60.2 Å². The number of guanidine groups is 1. The lowest BCUT2D eigenvalue weighted by Gasteiger charge is -2.14. The number of para-hydroxylation sites is 1. The van der Waals surface area contributed by atoms with E-state index >= 15 is 0 Å². The van der Waals surface area contributed by atoms with E-state index in [1.807, 2.05) is 50.2 Å². The molecule has 6 nitrogen and oxygen atoms in total. The molecule has 1 aromatic carbocycles. The van der Waals surface area contributed by atoms with Gasteiger partial charge in [0.05, 0.1) is 13.2 Å². The lowest BCUT2D eigenvalue weighted by Crippen LogP contribution is -2.36. The molecule has 27 heavy (non-hydrogen) atoms. The molecule has 0 fully saturated rings. The highest BCUT2D eigenvalue weighted by molar-refractivity contribution is 5.79. The van der Waals surface area contributed by atoms with Crippen molar-refractivity contribution in [1.82, 2.24) is 15.6 Å². The van der Waals surface area contributed by atoms with Crippen molar-refractivity contribution in [1.29, 1.82) is 0 Å². The number of nitrogens with zero attached hydrogens (tertiary/aromatic N) is 2. The Hall–Kier alpha value is -3.02. The summed E-state index contributed by atoms with van der Waals surface area (Å²) in [6, 6.07) is 11.8. The third-order valence-corrected chi connectivity index (χ3v) is 3.66. The van der Waals surface area contributed by atoms with Crippen LogP contribution in [0.4, 0.5) is 0 Å². The summed E-state index contributed by atoms with van der Waals surface area (Å²) in [5, 5.41) is 6.61. The summed E-state index contributed by atoms with van der Waals surface area (Å²) in [5.41, 5.74) is 2.01. The number of hydrogen-bond donors (Lipinski definition) is 2. The fourth-order valence-corrected chi connectivity index (χ4v) is 2.44. The summed E-state index contributed by atoms with van der Waals surface area (Å²) in [6.07, 6.45) is 3.46. The van der Waals surface area contributed by atoms with Gasteiger partial charge in [-0.1, -0.05) is 36.9 Å². The van der Waals surface area contributed by atoms with Crippen molar-refractivity contribution in [3.8, 4) is 11.6 Å². The number of rotatable bonds is 10. The highest BCUT2D eigenvalue weighted by atomic mass is 16.5. The molecule has 0 aliphatic rings. The highest BCUT2D eigenvalue weighted by Gasteiger charge is 2.06. The smallest absolute Gasteiger partial charge is 0.218 e.